The highest BCUT2D eigenvalue weighted by Crippen LogP contribution is 2.47. The van der Waals surface area contributed by atoms with Gasteiger partial charge in [-0.05, 0) is 29.8 Å². The Morgan fingerprint density at radius 1 is 1.11 bits per heavy atom. The van der Waals surface area contributed by atoms with Gasteiger partial charge in [0.2, 0.25) is 5.91 Å². The van der Waals surface area contributed by atoms with E-state index in [1.165, 1.54) is 0 Å². The topological polar surface area (TPSA) is 51.7 Å². The normalized spacial score (nSPS) is 16.7. The third-order valence-electron chi connectivity index (χ3n) is 4.70. The van der Waals surface area contributed by atoms with Crippen molar-refractivity contribution in [1.82, 2.24) is 9.88 Å². The summed E-state index contributed by atoms with van der Waals surface area (Å²) in [7, 11) is 3.28. The van der Waals surface area contributed by atoms with E-state index in [9.17, 15) is 4.79 Å². The zero-order valence-corrected chi connectivity index (χ0v) is 16.0. The van der Waals surface area contributed by atoms with Crippen LogP contribution < -0.4 is 9.47 Å². The predicted octanol–water partition coefficient (Wildman–Crippen LogP) is 4.03. The predicted molar refractivity (Wildman–Crippen MR) is 107 cm³/mol. The lowest BCUT2D eigenvalue weighted by Gasteiger charge is -2.27. The van der Waals surface area contributed by atoms with E-state index >= 15 is 0 Å². The minimum atomic E-state index is -0.150. The van der Waals surface area contributed by atoms with E-state index < -0.39 is 0 Å². The molecule has 0 spiro atoms. The molecule has 6 heteroatoms. The molecule has 2 aromatic carbocycles. The van der Waals surface area contributed by atoms with E-state index in [1.807, 2.05) is 47.4 Å². The van der Waals surface area contributed by atoms with Crippen molar-refractivity contribution >= 4 is 28.6 Å². The smallest absolute Gasteiger partial charge is 0.234 e. The third kappa shape index (κ3) is 3.32. The molecule has 5 nitrogen and oxygen atoms in total. The summed E-state index contributed by atoms with van der Waals surface area (Å²) in [6.45, 7) is 0.518. The molecule has 138 valence electrons. The largest absolute Gasteiger partial charge is 0.496 e. The molecule has 1 fully saturated rings. The zero-order valence-electron chi connectivity index (χ0n) is 15.2. The number of carbonyl (C=O) groups is 1. The number of carbonyl (C=O) groups excluding carboxylic acids is 1. The zero-order chi connectivity index (χ0) is 18.8. The van der Waals surface area contributed by atoms with Gasteiger partial charge in [-0.25, -0.2) is 0 Å². The maximum Gasteiger partial charge on any atom is 0.234 e. The van der Waals surface area contributed by atoms with Crippen molar-refractivity contribution in [2.24, 2.45) is 0 Å². The van der Waals surface area contributed by atoms with Gasteiger partial charge < -0.3 is 14.4 Å². The molecule has 0 N–H and O–H groups in total. The first-order valence-corrected chi connectivity index (χ1v) is 9.72. The van der Waals surface area contributed by atoms with E-state index in [4.69, 9.17) is 9.47 Å². The van der Waals surface area contributed by atoms with Crippen molar-refractivity contribution in [2.75, 3.05) is 20.0 Å². The average Bonchev–Trinajstić information content (AvgIpc) is 3.07. The quantitative estimate of drug-likeness (QED) is 0.669. The van der Waals surface area contributed by atoms with Gasteiger partial charge in [0.25, 0.3) is 0 Å². The van der Waals surface area contributed by atoms with Crippen LogP contribution in [-0.4, -0.2) is 35.8 Å². The van der Waals surface area contributed by atoms with Gasteiger partial charge in [-0.15, -0.1) is 11.8 Å². The Bertz CT molecular complexity index is 970. The van der Waals surface area contributed by atoms with Crippen LogP contribution in [0.5, 0.6) is 11.5 Å². The minimum absolute atomic E-state index is 0.110. The van der Waals surface area contributed by atoms with Gasteiger partial charge in [-0.2, -0.15) is 0 Å². The first-order valence-electron chi connectivity index (χ1n) is 8.67. The molecule has 3 aromatic rings. The number of aromatic nitrogens is 1. The second-order valence-corrected chi connectivity index (χ2v) is 7.36. The van der Waals surface area contributed by atoms with Crippen molar-refractivity contribution in [3.63, 3.8) is 0 Å². The molecular weight excluding hydrogens is 360 g/mol. The van der Waals surface area contributed by atoms with Gasteiger partial charge >= 0.3 is 0 Å². The van der Waals surface area contributed by atoms with Crippen LogP contribution >= 0.6 is 11.8 Å². The van der Waals surface area contributed by atoms with Gasteiger partial charge in [0.05, 0.1) is 31.1 Å². The number of rotatable bonds is 5. The van der Waals surface area contributed by atoms with Crippen LogP contribution in [0.3, 0.4) is 0 Å². The van der Waals surface area contributed by atoms with E-state index in [-0.39, 0.29) is 11.3 Å². The highest BCUT2D eigenvalue weighted by atomic mass is 32.2. The first-order chi connectivity index (χ1) is 13.2. The SMILES string of the molecule is COc1cccc(OC)c1C1SCC(=O)N1Cc1ccc2cccnc2c1. The fourth-order valence-electron chi connectivity index (χ4n) is 3.39. The van der Waals surface area contributed by atoms with Crippen LogP contribution in [0, 0.1) is 0 Å². The van der Waals surface area contributed by atoms with Crippen LogP contribution in [0.25, 0.3) is 10.9 Å². The molecule has 27 heavy (non-hydrogen) atoms. The monoisotopic (exact) mass is 380 g/mol. The molecule has 1 aliphatic heterocycles. The molecule has 1 aromatic heterocycles. The molecule has 0 saturated carbocycles. The van der Waals surface area contributed by atoms with Crippen molar-refractivity contribution in [2.45, 2.75) is 11.9 Å². The summed E-state index contributed by atoms with van der Waals surface area (Å²) in [4.78, 5) is 18.9. The van der Waals surface area contributed by atoms with E-state index in [0.29, 0.717) is 12.3 Å². The third-order valence-corrected chi connectivity index (χ3v) is 5.92. The van der Waals surface area contributed by atoms with Crippen molar-refractivity contribution in [3.8, 4) is 11.5 Å². The Morgan fingerprint density at radius 2 is 1.89 bits per heavy atom. The molecule has 0 bridgehead atoms. The van der Waals surface area contributed by atoms with Crippen molar-refractivity contribution in [1.29, 1.82) is 0 Å². The van der Waals surface area contributed by atoms with Gasteiger partial charge in [0.15, 0.2) is 0 Å². The highest BCUT2D eigenvalue weighted by molar-refractivity contribution is 8.00. The molecule has 1 amide bonds. The van der Waals surface area contributed by atoms with Crippen molar-refractivity contribution < 1.29 is 14.3 Å². The van der Waals surface area contributed by atoms with Crippen LogP contribution in [0.4, 0.5) is 0 Å². The minimum Gasteiger partial charge on any atom is -0.496 e. The Morgan fingerprint density at radius 3 is 2.63 bits per heavy atom. The molecule has 2 heterocycles. The number of methoxy groups -OCH3 is 2. The number of nitrogens with zero attached hydrogens (tertiary/aromatic N) is 2. The van der Waals surface area contributed by atoms with Gasteiger partial charge in [0.1, 0.15) is 16.9 Å². The molecule has 1 atom stereocenters. The number of benzene rings is 2. The average molecular weight is 380 g/mol. The molecule has 1 unspecified atom stereocenters. The molecule has 4 rings (SSSR count). The van der Waals surface area contributed by atoms with Gasteiger partial charge in [0, 0.05) is 18.1 Å². The summed E-state index contributed by atoms with van der Waals surface area (Å²) < 4.78 is 11.1. The summed E-state index contributed by atoms with van der Waals surface area (Å²) in [6.07, 6.45) is 1.78. The number of hydrogen-bond donors (Lipinski definition) is 0. The number of hydrogen-bond acceptors (Lipinski definition) is 5. The molecule has 1 aliphatic rings. The van der Waals surface area contributed by atoms with Crippen LogP contribution in [0.2, 0.25) is 0 Å². The number of thioether (sulfide) groups is 1. The lowest BCUT2D eigenvalue weighted by atomic mass is 10.1. The number of ether oxygens (including phenoxy) is 2. The number of fused-ring (bicyclic) bond motifs is 1. The lowest BCUT2D eigenvalue weighted by Crippen LogP contribution is -2.28. The first kappa shape index (κ1) is 17.7. The van der Waals surface area contributed by atoms with Crippen LogP contribution in [0.15, 0.2) is 54.7 Å². The summed E-state index contributed by atoms with van der Waals surface area (Å²) in [5, 5.41) is 0.939. The van der Waals surface area contributed by atoms with E-state index in [1.54, 1.807) is 32.2 Å². The Labute approximate surface area is 162 Å². The summed E-state index contributed by atoms with van der Waals surface area (Å²) in [5.41, 5.74) is 2.88. The van der Waals surface area contributed by atoms with Crippen LogP contribution in [0.1, 0.15) is 16.5 Å². The van der Waals surface area contributed by atoms with Gasteiger partial charge in [-0.1, -0.05) is 24.3 Å². The molecular formula is C21H20N2O3S. The summed E-state index contributed by atoms with van der Waals surface area (Å²) in [6, 6.07) is 15.8. The Kier molecular flexibility index (Phi) is 4.90. The maximum absolute atomic E-state index is 12.6. The summed E-state index contributed by atoms with van der Waals surface area (Å²) in [5.74, 6) is 2.01. The second kappa shape index (κ2) is 7.48. The molecule has 0 radical (unpaired) electrons. The highest BCUT2D eigenvalue weighted by Gasteiger charge is 2.36. The van der Waals surface area contributed by atoms with Crippen LogP contribution in [-0.2, 0) is 11.3 Å². The summed E-state index contributed by atoms with van der Waals surface area (Å²) >= 11 is 1.59. The molecule has 1 saturated heterocycles. The standard InChI is InChI=1S/C21H20N2O3S/c1-25-17-6-3-7-18(26-2)20(17)21-23(19(24)13-27-21)12-14-8-9-15-5-4-10-22-16(15)11-14/h3-11,21H,12-13H2,1-2H3. The van der Waals surface area contributed by atoms with Crippen molar-refractivity contribution in [3.05, 3.63) is 65.9 Å². The van der Waals surface area contributed by atoms with E-state index in [0.717, 1.165) is 33.5 Å². The Balaban J connectivity index is 1.69. The fraction of sp³-hybridized carbons (Fsp3) is 0.238. The molecule has 0 aliphatic carbocycles. The Hall–Kier alpha value is -2.73. The maximum atomic E-state index is 12.6. The lowest BCUT2D eigenvalue weighted by molar-refractivity contribution is -0.128. The second-order valence-electron chi connectivity index (χ2n) is 6.29. The van der Waals surface area contributed by atoms with E-state index in [2.05, 4.69) is 11.1 Å². The number of amides is 1. The fourth-order valence-corrected chi connectivity index (χ4v) is 4.63. The number of pyridine rings is 1. The van der Waals surface area contributed by atoms with Gasteiger partial charge in [-0.3, -0.25) is 9.78 Å².